The van der Waals surface area contributed by atoms with E-state index < -0.39 is 0 Å². The summed E-state index contributed by atoms with van der Waals surface area (Å²) < 4.78 is 5.09. The maximum Gasteiger partial charge on any atom is 0.0780 e. The summed E-state index contributed by atoms with van der Waals surface area (Å²) in [4.78, 5) is 4.70. The lowest BCUT2D eigenvalue weighted by atomic mass is 9.96. The van der Waals surface area contributed by atoms with Gasteiger partial charge in [-0.15, -0.1) is 11.3 Å². The lowest BCUT2D eigenvalue weighted by Gasteiger charge is -2.11. The molecule has 196 valence electrons. The zero-order valence-corrected chi connectivity index (χ0v) is 23.5. The summed E-state index contributed by atoms with van der Waals surface area (Å²) in [6.45, 7) is 0. The molecule has 0 atom stereocenters. The van der Waals surface area contributed by atoms with E-state index in [4.69, 9.17) is 4.98 Å². The number of hydrogen-bond donors (Lipinski definition) is 0. The SMILES string of the molecule is c1cc(-c2ccc3c(c2)c2ccccc2n3-c2cccc3sc4ccccc4c23)cc(-c2cccc3cccnc23)c1. The van der Waals surface area contributed by atoms with Crippen molar-refractivity contribution in [3.05, 3.63) is 146 Å². The van der Waals surface area contributed by atoms with Gasteiger partial charge in [-0.1, -0.05) is 91.0 Å². The van der Waals surface area contributed by atoms with Crippen LogP contribution in [-0.2, 0) is 0 Å². The van der Waals surface area contributed by atoms with Crippen molar-refractivity contribution in [1.82, 2.24) is 9.55 Å². The molecule has 3 heteroatoms. The third-order valence-electron chi connectivity index (χ3n) is 8.43. The minimum absolute atomic E-state index is 1.03. The topological polar surface area (TPSA) is 17.8 Å². The average Bonchev–Trinajstić information content (AvgIpc) is 3.60. The van der Waals surface area contributed by atoms with Crippen molar-refractivity contribution >= 4 is 64.2 Å². The van der Waals surface area contributed by atoms with Crippen LogP contribution in [0.25, 0.3) is 80.8 Å². The van der Waals surface area contributed by atoms with Gasteiger partial charge in [0.15, 0.2) is 0 Å². The number of fused-ring (bicyclic) bond motifs is 7. The first-order valence-corrected chi connectivity index (χ1v) is 15.0. The Morgan fingerprint density at radius 2 is 1.24 bits per heavy atom. The predicted molar refractivity (Wildman–Crippen MR) is 180 cm³/mol. The van der Waals surface area contributed by atoms with E-state index in [1.165, 1.54) is 64.4 Å². The highest BCUT2D eigenvalue weighted by molar-refractivity contribution is 7.25. The molecule has 0 saturated heterocycles. The summed E-state index contributed by atoms with van der Waals surface area (Å²) in [7, 11) is 0. The minimum Gasteiger partial charge on any atom is -0.309 e. The summed E-state index contributed by atoms with van der Waals surface area (Å²) in [6.07, 6.45) is 1.87. The molecule has 0 unspecified atom stereocenters. The van der Waals surface area contributed by atoms with Crippen LogP contribution in [0.2, 0.25) is 0 Å². The van der Waals surface area contributed by atoms with Crippen LogP contribution in [0.15, 0.2) is 146 Å². The van der Waals surface area contributed by atoms with Crippen LogP contribution in [0.1, 0.15) is 0 Å². The van der Waals surface area contributed by atoms with Crippen molar-refractivity contribution in [3.63, 3.8) is 0 Å². The van der Waals surface area contributed by atoms with E-state index in [9.17, 15) is 0 Å². The first kappa shape index (κ1) is 23.5. The lowest BCUT2D eigenvalue weighted by molar-refractivity contribution is 1.20. The normalized spacial score (nSPS) is 11.8. The Bertz CT molecular complexity index is 2470. The van der Waals surface area contributed by atoms with Crippen molar-refractivity contribution in [2.75, 3.05) is 0 Å². The molecule has 9 aromatic rings. The van der Waals surface area contributed by atoms with E-state index in [1.807, 2.05) is 23.6 Å². The van der Waals surface area contributed by atoms with Crippen LogP contribution in [0.3, 0.4) is 0 Å². The van der Waals surface area contributed by atoms with E-state index in [1.54, 1.807) is 0 Å². The molecule has 0 saturated carbocycles. The van der Waals surface area contributed by atoms with Crippen molar-refractivity contribution in [2.24, 2.45) is 0 Å². The Morgan fingerprint density at radius 3 is 2.21 bits per heavy atom. The number of aromatic nitrogens is 2. The van der Waals surface area contributed by atoms with E-state index in [0.29, 0.717) is 0 Å². The quantitative estimate of drug-likeness (QED) is 0.213. The van der Waals surface area contributed by atoms with Gasteiger partial charge in [-0.25, -0.2) is 0 Å². The standard InChI is InChI=1S/C39H24N2S/c1-3-16-33-30(13-1)32-24-27(26-10-5-11-28(23-26)29-15-6-9-25-12-8-22-40-39(25)29)20-21-34(32)41(33)35-17-7-19-37-38(35)31-14-2-4-18-36(31)42-37/h1-24H. The molecule has 0 aliphatic carbocycles. The second-order valence-corrected chi connectivity index (χ2v) is 11.9. The third kappa shape index (κ3) is 3.47. The first-order valence-electron chi connectivity index (χ1n) is 14.2. The molecule has 0 spiro atoms. The second kappa shape index (κ2) is 9.13. The second-order valence-electron chi connectivity index (χ2n) is 10.8. The van der Waals surface area contributed by atoms with Crippen LogP contribution in [-0.4, -0.2) is 9.55 Å². The molecule has 0 aliphatic heterocycles. The Kier molecular flexibility index (Phi) is 5.10. The van der Waals surface area contributed by atoms with Gasteiger partial charge in [0.05, 0.1) is 22.2 Å². The zero-order valence-electron chi connectivity index (χ0n) is 22.7. The molecule has 3 heterocycles. The van der Waals surface area contributed by atoms with E-state index in [0.717, 1.165) is 16.5 Å². The smallest absolute Gasteiger partial charge is 0.0780 e. The van der Waals surface area contributed by atoms with E-state index in [-0.39, 0.29) is 0 Å². The van der Waals surface area contributed by atoms with Gasteiger partial charge in [0.1, 0.15) is 0 Å². The van der Waals surface area contributed by atoms with Crippen LogP contribution < -0.4 is 0 Å². The Balaban J connectivity index is 1.26. The Hall–Kier alpha value is -5.25. The largest absolute Gasteiger partial charge is 0.309 e. The van der Waals surface area contributed by atoms with Gasteiger partial charge in [0, 0.05) is 48.1 Å². The molecule has 2 nitrogen and oxygen atoms in total. The maximum atomic E-state index is 4.70. The number of hydrogen-bond acceptors (Lipinski definition) is 2. The Labute approximate surface area is 246 Å². The lowest BCUT2D eigenvalue weighted by Crippen LogP contribution is -1.94. The van der Waals surface area contributed by atoms with Crippen LogP contribution in [0, 0.1) is 0 Å². The maximum absolute atomic E-state index is 4.70. The third-order valence-corrected chi connectivity index (χ3v) is 9.57. The van der Waals surface area contributed by atoms with E-state index in [2.05, 4.69) is 138 Å². The van der Waals surface area contributed by atoms with Crippen molar-refractivity contribution in [2.45, 2.75) is 0 Å². The van der Waals surface area contributed by atoms with Gasteiger partial charge in [-0.05, 0) is 65.2 Å². The number of nitrogens with zero attached hydrogens (tertiary/aromatic N) is 2. The molecule has 6 aromatic carbocycles. The van der Waals surface area contributed by atoms with Crippen molar-refractivity contribution in [3.8, 4) is 27.9 Å². The van der Waals surface area contributed by atoms with Crippen molar-refractivity contribution in [1.29, 1.82) is 0 Å². The molecule has 0 amide bonds. The minimum atomic E-state index is 1.03. The summed E-state index contributed by atoms with van der Waals surface area (Å²) in [5.41, 5.74) is 9.45. The number of rotatable bonds is 3. The molecule has 0 radical (unpaired) electrons. The van der Waals surface area contributed by atoms with Crippen LogP contribution >= 0.6 is 11.3 Å². The van der Waals surface area contributed by atoms with Crippen molar-refractivity contribution < 1.29 is 0 Å². The molecular formula is C39H24N2S. The highest BCUT2D eigenvalue weighted by atomic mass is 32.1. The molecular weight excluding hydrogens is 529 g/mol. The number of benzene rings is 6. The van der Waals surface area contributed by atoms with E-state index >= 15 is 0 Å². The molecule has 42 heavy (non-hydrogen) atoms. The van der Waals surface area contributed by atoms with Crippen LogP contribution in [0.5, 0.6) is 0 Å². The summed E-state index contributed by atoms with van der Waals surface area (Å²) in [5.74, 6) is 0. The van der Waals surface area contributed by atoms with Gasteiger partial charge in [0.25, 0.3) is 0 Å². The monoisotopic (exact) mass is 552 g/mol. The Morgan fingerprint density at radius 1 is 0.500 bits per heavy atom. The molecule has 0 aliphatic rings. The van der Waals surface area contributed by atoms with Gasteiger partial charge >= 0.3 is 0 Å². The fourth-order valence-electron chi connectivity index (χ4n) is 6.56. The van der Waals surface area contributed by atoms with Crippen LogP contribution in [0.4, 0.5) is 0 Å². The van der Waals surface area contributed by atoms with Gasteiger partial charge in [-0.2, -0.15) is 0 Å². The van der Waals surface area contributed by atoms with Gasteiger partial charge < -0.3 is 4.57 Å². The molecule has 0 fully saturated rings. The highest BCUT2D eigenvalue weighted by Crippen LogP contribution is 2.41. The molecule has 0 N–H and O–H groups in total. The fraction of sp³-hybridized carbons (Fsp3) is 0. The number of pyridine rings is 1. The molecule has 3 aromatic heterocycles. The molecule has 9 rings (SSSR count). The summed E-state index contributed by atoms with van der Waals surface area (Å²) >= 11 is 1.87. The molecule has 0 bridgehead atoms. The van der Waals surface area contributed by atoms with Gasteiger partial charge in [-0.3, -0.25) is 4.98 Å². The fourth-order valence-corrected chi connectivity index (χ4v) is 7.68. The number of para-hydroxylation sites is 2. The number of thiophene rings is 1. The first-order chi connectivity index (χ1) is 20.8. The zero-order chi connectivity index (χ0) is 27.6. The highest BCUT2D eigenvalue weighted by Gasteiger charge is 2.17. The summed E-state index contributed by atoms with van der Waals surface area (Å²) in [5, 5.41) is 6.32. The summed E-state index contributed by atoms with van der Waals surface area (Å²) in [6, 6.07) is 50.5. The predicted octanol–water partition coefficient (Wildman–Crippen LogP) is 11.0. The average molecular weight is 553 g/mol. The van der Waals surface area contributed by atoms with Gasteiger partial charge in [0.2, 0.25) is 0 Å².